The molecule has 28 heavy (non-hydrogen) atoms. The number of rotatable bonds is 6. The summed E-state index contributed by atoms with van der Waals surface area (Å²) in [5.41, 5.74) is 2.07. The zero-order chi connectivity index (χ0) is 19.5. The highest BCUT2D eigenvalue weighted by atomic mass is 35.5. The number of halogens is 1. The smallest absolute Gasteiger partial charge is 0.151 e. The highest BCUT2D eigenvalue weighted by Crippen LogP contribution is 2.49. The second-order valence-corrected chi connectivity index (χ2v) is 7.87. The number of anilines is 2. The maximum absolute atomic E-state index is 9.60. The van der Waals surface area contributed by atoms with Crippen molar-refractivity contribution in [1.82, 2.24) is 10.2 Å². The van der Waals surface area contributed by atoms with Gasteiger partial charge >= 0.3 is 0 Å². The molecule has 0 amide bonds. The van der Waals surface area contributed by atoms with Crippen molar-refractivity contribution >= 4 is 23.0 Å². The van der Waals surface area contributed by atoms with Gasteiger partial charge in [-0.2, -0.15) is 0 Å². The molecule has 2 aliphatic rings. The monoisotopic (exact) mass is 401 g/mol. The summed E-state index contributed by atoms with van der Waals surface area (Å²) in [4.78, 5) is 4.93. The Kier molecular flexibility index (Phi) is 6.07. The molecule has 0 aliphatic carbocycles. The molecule has 0 saturated carbocycles. The summed E-state index contributed by atoms with van der Waals surface area (Å²) in [6.45, 7) is 5.22. The minimum atomic E-state index is 0.172. The van der Waals surface area contributed by atoms with Gasteiger partial charge in [-0.05, 0) is 43.2 Å². The van der Waals surface area contributed by atoms with Gasteiger partial charge in [0.2, 0.25) is 0 Å². The fraction of sp³-hybridized carbons (Fsp3) is 0.455. The minimum Gasteiger partial charge on any atom is -0.453 e. The van der Waals surface area contributed by atoms with Crippen LogP contribution in [0.1, 0.15) is 26.2 Å². The van der Waals surface area contributed by atoms with Crippen molar-refractivity contribution in [2.75, 3.05) is 31.1 Å². The van der Waals surface area contributed by atoms with E-state index >= 15 is 0 Å². The molecule has 2 atom stereocenters. The summed E-state index contributed by atoms with van der Waals surface area (Å²) in [5.74, 6) is 1.70. The summed E-state index contributed by atoms with van der Waals surface area (Å²) < 4.78 is 6.18. The Morgan fingerprint density at radius 2 is 2.04 bits per heavy atom. The van der Waals surface area contributed by atoms with Crippen molar-refractivity contribution in [1.29, 1.82) is 0 Å². The summed E-state index contributed by atoms with van der Waals surface area (Å²) in [5, 5.41) is 13.8. The first-order valence-corrected chi connectivity index (χ1v) is 10.5. The fourth-order valence-electron chi connectivity index (χ4n) is 4.36. The predicted octanol–water partition coefficient (Wildman–Crippen LogP) is 4.37. The molecule has 4 rings (SSSR count). The number of ether oxygens (including phenoxy) is 1. The van der Waals surface area contributed by atoms with Gasteiger partial charge in [-0.15, -0.1) is 0 Å². The molecule has 0 bridgehead atoms. The van der Waals surface area contributed by atoms with Crippen LogP contribution in [0.15, 0.2) is 42.5 Å². The molecule has 0 spiro atoms. The highest BCUT2D eigenvalue weighted by molar-refractivity contribution is 6.31. The Morgan fingerprint density at radius 3 is 2.86 bits per heavy atom. The van der Waals surface area contributed by atoms with E-state index in [0.717, 1.165) is 61.8 Å². The topological polar surface area (TPSA) is 48.0 Å². The minimum absolute atomic E-state index is 0.172. The highest BCUT2D eigenvalue weighted by Gasteiger charge is 2.36. The molecular formula is C22H28ClN3O2. The number of benzene rings is 2. The molecule has 150 valence electrons. The third-order valence-electron chi connectivity index (χ3n) is 5.61. The number of nitrogens with zero attached hydrogens (tertiary/aromatic N) is 2. The number of hydrogen-bond acceptors (Lipinski definition) is 5. The third kappa shape index (κ3) is 3.72. The van der Waals surface area contributed by atoms with E-state index in [1.54, 1.807) is 0 Å². The molecule has 5 nitrogen and oxygen atoms in total. The molecule has 6 heteroatoms. The molecule has 2 aliphatic heterocycles. The SMILES string of the molecule is CCCC(N1c2ccccc2Oc2ccc(Cl)cc21)N1CCNCC1CCO. The van der Waals surface area contributed by atoms with Crippen molar-refractivity contribution in [3.05, 3.63) is 47.5 Å². The van der Waals surface area contributed by atoms with Gasteiger partial charge < -0.3 is 20.1 Å². The van der Waals surface area contributed by atoms with Gasteiger partial charge in [0, 0.05) is 37.3 Å². The third-order valence-corrected chi connectivity index (χ3v) is 5.85. The average Bonchev–Trinajstić information content (AvgIpc) is 2.72. The van der Waals surface area contributed by atoms with Gasteiger partial charge in [0.1, 0.15) is 0 Å². The van der Waals surface area contributed by atoms with E-state index in [-0.39, 0.29) is 12.8 Å². The molecule has 1 fully saturated rings. The maximum Gasteiger partial charge on any atom is 0.151 e. The van der Waals surface area contributed by atoms with Crippen LogP contribution in [-0.2, 0) is 0 Å². The molecule has 2 aromatic rings. The lowest BCUT2D eigenvalue weighted by atomic mass is 10.0. The molecule has 2 N–H and O–H groups in total. The van der Waals surface area contributed by atoms with Crippen LogP contribution < -0.4 is 15.0 Å². The summed E-state index contributed by atoms with van der Waals surface area (Å²) in [6.07, 6.45) is 3.02. The average molecular weight is 402 g/mol. The van der Waals surface area contributed by atoms with E-state index in [1.807, 2.05) is 30.3 Å². The maximum atomic E-state index is 9.60. The van der Waals surface area contributed by atoms with Crippen LogP contribution in [-0.4, -0.2) is 48.5 Å². The fourth-order valence-corrected chi connectivity index (χ4v) is 4.53. The van der Waals surface area contributed by atoms with Gasteiger partial charge in [-0.25, -0.2) is 0 Å². The number of aliphatic hydroxyl groups is 1. The Balaban J connectivity index is 1.80. The van der Waals surface area contributed by atoms with E-state index in [1.165, 1.54) is 0 Å². The first-order chi connectivity index (χ1) is 13.7. The van der Waals surface area contributed by atoms with Crippen molar-refractivity contribution in [3.8, 4) is 11.5 Å². The number of fused-ring (bicyclic) bond motifs is 2. The van der Waals surface area contributed by atoms with Crippen molar-refractivity contribution < 1.29 is 9.84 Å². The number of para-hydroxylation sites is 2. The summed E-state index contributed by atoms with van der Waals surface area (Å²) in [6, 6.07) is 14.3. The number of hydrogen-bond donors (Lipinski definition) is 2. The second-order valence-electron chi connectivity index (χ2n) is 7.43. The number of nitrogens with one attached hydrogen (secondary N) is 1. The van der Waals surface area contributed by atoms with Crippen LogP contribution in [0.25, 0.3) is 0 Å². The number of aliphatic hydroxyl groups excluding tert-OH is 1. The van der Waals surface area contributed by atoms with Crippen LogP contribution in [0.2, 0.25) is 5.02 Å². The Morgan fingerprint density at radius 1 is 1.21 bits per heavy atom. The molecular weight excluding hydrogens is 374 g/mol. The lowest BCUT2D eigenvalue weighted by molar-refractivity contribution is 0.0826. The molecule has 0 aromatic heterocycles. The summed E-state index contributed by atoms with van der Waals surface area (Å²) in [7, 11) is 0. The van der Waals surface area contributed by atoms with Gasteiger partial charge in [0.15, 0.2) is 11.5 Å². The van der Waals surface area contributed by atoms with Crippen LogP contribution in [0.4, 0.5) is 11.4 Å². The predicted molar refractivity (Wildman–Crippen MR) is 114 cm³/mol. The Bertz CT molecular complexity index is 814. The van der Waals surface area contributed by atoms with Gasteiger partial charge in [0.05, 0.1) is 17.5 Å². The second kappa shape index (κ2) is 8.70. The molecule has 1 saturated heterocycles. The Hall–Kier alpha value is -1.79. The van der Waals surface area contributed by atoms with Crippen molar-refractivity contribution in [3.63, 3.8) is 0 Å². The van der Waals surface area contributed by atoms with E-state index in [2.05, 4.69) is 34.2 Å². The largest absolute Gasteiger partial charge is 0.453 e. The van der Waals surface area contributed by atoms with Crippen LogP contribution in [0, 0.1) is 0 Å². The lowest BCUT2D eigenvalue weighted by Gasteiger charge is -2.48. The quantitative estimate of drug-likeness (QED) is 0.752. The van der Waals surface area contributed by atoms with Crippen molar-refractivity contribution in [2.45, 2.75) is 38.4 Å². The molecule has 2 aromatic carbocycles. The first kappa shape index (κ1) is 19.5. The van der Waals surface area contributed by atoms with E-state index < -0.39 is 0 Å². The van der Waals surface area contributed by atoms with Gasteiger partial charge in [0.25, 0.3) is 0 Å². The van der Waals surface area contributed by atoms with Gasteiger partial charge in [-0.3, -0.25) is 4.90 Å². The standard InChI is InChI=1S/C22H28ClN3O2/c1-2-5-22(25-12-11-24-15-17(25)10-13-27)26-18-6-3-4-7-20(18)28-21-9-8-16(23)14-19(21)26/h3-4,6-9,14,17,22,24,27H,2,5,10-13,15H2,1H3. The van der Waals surface area contributed by atoms with Crippen LogP contribution in [0.3, 0.4) is 0 Å². The summed E-state index contributed by atoms with van der Waals surface area (Å²) >= 11 is 6.38. The van der Waals surface area contributed by atoms with E-state index in [4.69, 9.17) is 16.3 Å². The molecule has 2 unspecified atom stereocenters. The van der Waals surface area contributed by atoms with Crippen molar-refractivity contribution in [2.24, 2.45) is 0 Å². The van der Waals surface area contributed by atoms with E-state index in [9.17, 15) is 5.11 Å². The normalized spacial score (nSPS) is 20.2. The zero-order valence-electron chi connectivity index (χ0n) is 16.3. The number of piperazine rings is 1. The zero-order valence-corrected chi connectivity index (χ0v) is 17.0. The molecule has 2 heterocycles. The first-order valence-electron chi connectivity index (χ1n) is 10.2. The molecule has 0 radical (unpaired) electrons. The Labute approximate surface area is 171 Å². The van der Waals surface area contributed by atoms with Crippen LogP contribution >= 0.6 is 11.6 Å². The van der Waals surface area contributed by atoms with E-state index in [0.29, 0.717) is 11.1 Å². The van der Waals surface area contributed by atoms with Gasteiger partial charge in [-0.1, -0.05) is 37.1 Å². The lowest BCUT2D eigenvalue weighted by Crippen LogP contribution is -2.59. The van der Waals surface area contributed by atoms with Crippen LogP contribution in [0.5, 0.6) is 11.5 Å².